The molecule has 1 heterocycles. The van der Waals surface area contributed by atoms with Gasteiger partial charge >= 0.3 is 12.1 Å². The smallest absolute Gasteiger partial charge is 0.404 e. The van der Waals surface area contributed by atoms with Gasteiger partial charge in [0.1, 0.15) is 12.2 Å². The number of nitrogens with zero attached hydrogens (tertiary/aromatic N) is 1. The first-order chi connectivity index (χ1) is 8.34. The summed E-state index contributed by atoms with van der Waals surface area (Å²) in [6, 6.07) is 0. The molecule has 1 amide bonds. The van der Waals surface area contributed by atoms with Crippen molar-refractivity contribution >= 4 is 22.1 Å². The summed E-state index contributed by atoms with van der Waals surface area (Å²) in [4.78, 5) is 20.9. The second-order valence-electron chi connectivity index (χ2n) is 2.98. The lowest BCUT2D eigenvalue weighted by Gasteiger charge is -2.05. The molecule has 0 aromatic carbocycles. The van der Waals surface area contributed by atoms with Crippen molar-refractivity contribution < 1.29 is 27.9 Å². The normalized spacial score (nSPS) is 11.1. The number of hydrogen-bond acceptors (Lipinski definition) is 6. The average molecular weight is 278 g/mol. The highest BCUT2D eigenvalue weighted by molar-refractivity contribution is 7.89. The van der Waals surface area contributed by atoms with E-state index in [0.717, 1.165) is 6.20 Å². The third-order valence-corrected chi connectivity index (χ3v) is 3.17. The van der Waals surface area contributed by atoms with Crippen LogP contribution in [0.15, 0.2) is 11.2 Å². The molecule has 0 atom stereocenters. The minimum Gasteiger partial charge on any atom is -0.478 e. The molecule has 0 spiro atoms. The van der Waals surface area contributed by atoms with Crippen molar-refractivity contribution in [2.75, 3.05) is 13.2 Å². The van der Waals surface area contributed by atoms with Crippen LogP contribution in [-0.2, 0) is 14.8 Å². The zero-order chi connectivity index (χ0) is 13.8. The van der Waals surface area contributed by atoms with Crippen LogP contribution in [0.5, 0.6) is 0 Å². The lowest BCUT2D eigenvalue weighted by molar-refractivity contribution is 0.0692. The summed E-state index contributed by atoms with van der Waals surface area (Å²) in [6.45, 7) is -0.519. The number of carbonyl (C=O) groups is 2. The molecule has 1 aromatic rings. The van der Waals surface area contributed by atoms with E-state index in [1.54, 1.807) is 0 Å². The summed E-state index contributed by atoms with van der Waals surface area (Å²) >= 11 is 0. The van der Waals surface area contributed by atoms with Gasteiger partial charge in [0.05, 0.1) is 6.20 Å². The fourth-order valence-electron chi connectivity index (χ4n) is 1.03. The Morgan fingerprint density at radius 2 is 2.22 bits per heavy atom. The third kappa shape index (κ3) is 3.43. The highest BCUT2D eigenvalue weighted by Crippen LogP contribution is 2.10. The highest BCUT2D eigenvalue weighted by atomic mass is 32.2. The van der Waals surface area contributed by atoms with Gasteiger partial charge in [-0.05, 0) is 0 Å². The summed E-state index contributed by atoms with van der Waals surface area (Å²) in [5.74, 6) is -1.43. The maximum Gasteiger partial charge on any atom is 0.404 e. The van der Waals surface area contributed by atoms with E-state index < -0.39 is 32.7 Å². The van der Waals surface area contributed by atoms with Crippen molar-refractivity contribution in [3.63, 3.8) is 0 Å². The van der Waals surface area contributed by atoms with Crippen molar-refractivity contribution in [2.45, 2.75) is 5.03 Å². The molecule has 11 heteroatoms. The van der Waals surface area contributed by atoms with Gasteiger partial charge in [0.2, 0.25) is 0 Å². The van der Waals surface area contributed by atoms with Gasteiger partial charge < -0.3 is 15.6 Å². The molecule has 0 radical (unpaired) electrons. The summed E-state index contributed by atoms with van der Waals surface area (Å²) in [5, 5.41) is 13.5. The first-order valence-corrected chi connectivity index (χ1v) is 6.01. The number of rotatable bonds is 6. The Labute approximate surface area is 101 Å². The number of aromatic amines is 1. The Morgan fingerprint density at radius 3 is 2.78 bits per heavy atom. The SMILES string of the molecule is NC(=O)OCCNS(=O)(=O)c1[nH]ncc1C(=O)O. The van der Waals surface area contributed by atoms with Crippen LogP contribution in [0.3, 0.4) is 0 Å². The van der Waals surface area contributed by atoms with Crippen LogP contribution in [0.25, 0.3) is 0 Å². The molecule has 0 fully saturated rings. The summed E-state index contributed by atoms with van der Waals surface area (Å²) < 4.78 is 29.6. The number of carbonyl (C=O) groups excluding carboxylic acids is 1. The van der Waals surface area contributed by atoms with Crippen molar-refractivity contribution in [2.24, 2.45) is 5.73 Å². The topological polar surface area (TPSA) is 164 Å². The van der Waals surface area contributed by atoms with E-state index in [4.69, 9.17) is 5.11 Å². The molecule has 0 unspecified atom stereocenters. The maximum absolute atomic E-state index is 11.6. The van der Waals surface area contributed by atoms with Gasteiger partial charge in [0.15, 0.2) is 5.03 Å². The lowest BCUT2D eigenvalue weighted by Crippen LogP contribution is -2.30. The standard InChI is InChI=1S/C7H10N4O6S/c8-7(14)17-2-1-10-18(15,16)5-4(6(12)13)3-9-11-5/h3,10H,1-2H2,(H2,8,14)(H,9,11)(H,12,13). The van der Waals surface area contributed by atoms with Gasteiger partial charge in [-0.1, -0.05) is 0 Å². The maximum atomic E-state index is 11.6. The minimum absolute atomic E-state index is 0.247. The Bertz CT molecular complexity index is 550. The Kier molecular flexibility index (Phi) is 4.23. The van der Waals surface area contributed by atoms with Gasteiger partial charge in [-0.25, -0.2) is 22.7 Å². The number of hydrogen-bond donors (Lipinski definition) is 4. The molecule has 100 valence electrons. The first kappa shape index (κ1) is 13.9. The monoisotopic (exact) mass is 278 g/mol. The number of sulfonamides is 1. The van der Waals surface area contributed by atoms with Gasteiger partial charge in [-0.15, -0.1) is 0 Å². The summed E-state index contributed by atoms with van der Waals surface area (Å²) in [7, 11) is -4.07. The van der Waals surface area contributed by atoms with Crippen molar-refractivity contribution in [1.29, 1.82) is 0 Å². The predicted octanol–water partition coefficient (Wildman–Crippen LogP) is -1.52. The molecule has 5 N–H and O–H groups in total. The van der Waals surface area contributed by atoms with Gasteiger partial charge in [-0.3, -0.25) is 5.10 Å². The Hall–Kier alpha value is -2.14. The van der Waals surface area contributed by atoms with E-state index >= 15 is 0 Å². The molecule has 0 aliphatic heterocycles. The van der Waals surface area contributed by atoms with E-state index in [0.29, 0.717) is 0 Å². The molecule has 0 aliphatic carbocycles. The Balaban J connectivity index is 2.72. The van der Waals surface area contributed by atoms with Crippen LogP contribution in [0.2, 0.25) is 0 Å². The van der Waals surface area contributed by atoms with Crippen LogP contribution < -0.4 is 10.5 Å². The van der Waals surface area contributed by atoms with E-state index in [1.165, 1.54) is 0 Å². The molecule has 18 heavy (non-hydrogen) atoms. The number of carboxylic acid groups (broad SMARTS) is 1. The molecule has 1 rings (SSSR count). The van der Waals surface area contributed by atoms with Crippen molar-refractivity contribution in [3.8, 4) is 0 Å². The molecule has 0 saturated heterocycles. The molecule has 1 aromatic heterocycles. The van der Waals surface area contributed by atoms with Crippen LogP contribution in [0.1, 0.15) is 10.4 Å². The van der Waals surface area contributed by atoms with Crippen LogP contribution >= 0.6 is 0 Å². The van der Waals surface area contributed by atoms with Crippen molar-refractivity contribution in [3.05, 3.63) is 11.8 Å². The molecule has 0 saturated carbocycles. The van der Waals surface area contributed by atoms with Crippen molar-refractivity contribution in [1.82, 2.24) is 14.9 Å². The fraction of sp³-hybridized carbons (Fsp3) is 0.286. The largest absolute Gasteiger partial charge is 0.478 e. The zero-order valence-electron chi connectivity index (χ0n) is 8.91. The van der Waals surface area contributed by atoms with Crippen LogP contribution in [-0.4, -0.2) is 48.9 Å². The number of amides is 1. The molecule has 10 nitrogen and oxygen atoms in total. The number of carboxylic acids is 1. The van der Waals surface area contributed by atoms with Gasteiger partial charge in [-0.2, -0.15) is 5.10 Å². The number of primary amides is 1. The second-order valence-corrected chi connectivity index (χ2v) is 4.69. The zero-order valence-corrected chi connectivity index (χ0v) is 9.73. The third-order valence-electron chi connectivity index (χ3n) is 1.74. The molecular weight excluding hydrogens is 268 g/mol. The molecular formula is C7H10N4O6S. The van der Waals surface area contributed by atoms with Gasteiger partial charge in [0, 0.05) is 6.54 Å². The van der Waals surface area contributed by atoms with E-state index in [-0.39, 0.29) is 13.2 Å². The van der Waals surface area contributed by atoms with Crippen LogP contribution in [0, 0.1) is 0 Å². The quantitative estimate of drug-likeness (QED) is 0.459. The molecule has 0 bridgehead atoms. The number of nitrogens with one attached hydrogen (secondary N) is 2. The van der Waals surface area contributed by atoms with E-state index in [2.05, 4.69) is 20.7 Å². The van der Waals surface area contributed by atoms with Crippen LogP contribution in [0.4, 0.5) is 4.79 Å². The summed E-state index contributed by atoms with van der Waals surface area (Å²) in [5.41, 5.74) is 4.18. The number of H-pyrrole nitrogens is 1. The second kappa shape index (κ2) is 5.46. The first-order valence-electron chi connectivity index (χ1n) is 4.53. The van der Waals surface area contributed by atoms with E-state index in [1.807, 2.05) is 4.72 Å². The number of nitrogens with two attached hydrogens (primary N) is 1. The fourth-order valence-corrected chi connectivity index (χ4v) is 2.13. The Morgan fingerprint density at radius 1 is 1.56 bits per heavy atom. The predicted molar refractivity (Wildman–Crippen MR) is 56.3 cm³/mol. The molecule has 0 aliphatic rings. The highest BCUT2D eigenvalue weighted by Gasteiger charge is 2.24. The number of ether oxygens (including phenoxy) is 1. The van der Waals surface area contributed by atoms with Gasteiger partial charge in [0.25, 0.3) is 10.0 Å². The summed E-state index contributed by atoms with van der Waals surface area (Å²) in [6.07, 6.45) is -0.168. The number of aromatic nitrogens is 2. The minimum atomic E-state index is -4.07. The van der Waals surface area contributed by atoms with E-state index in [9.17, 15) is 18.0 Å². The average Bonchev–Trinajstić information content (AvgIpc) is 2.73. The lowest BCUT2D eigenvalue weighted by atomic mass is 10.4. The number of aromatic carboxylic acids is 1.